The van der Waals surface area contributed by atoms with E-state index in [1.807, 2.05) is 26.8 Å². The zero-order valence-electron chi connectivity index (χ0n) is 23.5. The molecule has 10 heteroatoms. The Kier molecular flexibility index (Phi) is 8.42. The molecule has 0 saturated heterocycles. The molecule has 0 radical (unpaired) electrons. The molecule has 0 fully saturated rings. The maximum absolute atomic E-state index is 13.6. The van der Waals surface area contributed by atoms with Crippen LogP contribution in [0.15, 0.2) is 29.1 Å². The van der Waals surface area contributed by atoms with Crippen molar-refractivity contribution in [2.75, 3.05) is 33.0 Å². The van der Waals surface area contributed by atoms with E-state index in [9.17, 15) is 14.7 Å². The Bertz CT molecular complexity index is 1570. The standard InChI is InChI=1S/C31H34N2O8/c1-5-10-37-11-12-38-13-14-39-30(35)41-20-8-9-26-22(15-20)21(6-2)23-17-33-27(28(23)32-26)16-25-24(29(33)34)18-40-19(4)31(25,36)7-3/h1,8-9,15-16,19,36H,6-7,10-14,17-18H2,2-4H3/t19?,31-/m1/s1. The van der Waals surface area contributed by atoms with Gasteiger partial charge in [-0.1, -0.05) is 19.8 Å². The largest absolute Gasteiger partial charge is 0.513 e. The van der Waals surface area contributed by atoms with Gasteiger partial charge in [-0.3, -0.25) is 4.79 Å². The van der Waals surface area contributed by atoms with Crippen molar-refractivity contribution in [1.29, 1.82) is 0 Å². The minimum atomic E-state index is -1.25. The number of terminal acetylenes is 1. The summed E-state index contributed by atoms with van der Waals surface area (Å²) in [6.45, 7) is 7.44. The zero-order chi connectivity index (χ0) is 29.1. The fraction of sp³-hybridized carbons (Fsp3) is 0.452. The molecule has 0 saturated carbocycles. The third-order valence-electron chi connectivity index (χ3n) is 7.85. The van der Waals surface area contributed by atoms with Crippen molar-refractivity contribution >= 4 is 17.1 Å². The SMILES string of the molecule is C#CCOCCOCCOC(=O)Oc1ccc2nc3c(c(CC)c2c1)Cn1c-3cc2c(c1=O)COC(C)[C@]2(O)CC. The third kappa shape index (κ3) is 5.34. The Balaban J connectivity index is 1.37. The Morgan fingerprint density at radius 3 is 2.73 bits per heavy atom. The van der Waals surface area contributed by atoms with Crippen LogP contribution in [0, 0.1) is 12.3 Å². The predicted molar refractivity (Wildman–Crippen MR) is 151 cm³/mol. The van der Waals surface area contributed by atoms with E-state index >= 15 is 0 Å². The Morgan fingerprint density at radius 1 is 1.20 bits per heavy atom. The molecule has 2 atom stereocenters. The second-order valence-corrected chi connectivity index (χ2v) is 10.1. The minimum absolute atomic E-state index is 0.0325. The smallest absolute Gasteiger partial charge is 0.432 e. The lowest BCUT2D eigenvalue weighted by Gasteiger charge is -2.39. The molecule has 1 unspecified atom stereocenters. The van der Waals surface area contributed by atoms with Gasteiger partial charge in [0, 0.05) is 16.5 Å². The van der Waals surface area contributed by atoms with Crippen LogP contribution in [-0.4, -0.2) is 60.0 Å². The highest BCUT2D eigenvalue weighted by molar-refractivity contribution is 5.89. The number of pyridine rings is 2. The van der Waals surface area contributed by atoms with Crippen LogP contribution >= 0.6 is 0 Å². The molecule has 2 aliphatic rings. The van der Waals surface area contributed by atoms with E-state index in [0.717, 1.165) is 22.2 Å². The number of fused-ring (bicyclic) bond motifs is 5. The van der Waals surface area contributed by atoms with Crippen LogP contribution < -0.4 is 10.3 Å². The molecule has 1 N–H and O–H groups in total. The van der Waals surface area contributed by atoms with Crippen molar-refractivity contribution in [3.05, 3.63) is 56.9 Å². The number of carbonyl (C=O) groups is 1. The van der Waals surface area contributed by atoms with Crippen LogP contribution in [0.5, 0.6) is 5.75 Å². The Hall–Kier alpha value is -3.75. The topological polar surface area (TPSA) is 118 Å². The minimum Gasteiger partial charge on any atom is -0.432 e. The van der Waals surface area contributed by atoms with Gasteiger partial charge in [0.05, 0.1) is 56.0 Å². The van der Waals surface area contributed by atoms with E-state index in [1.165, 1.54) is 0 Å². The van der Waals surface area contributed by atoms with Crippen LogP contribution in [0.1, 0.15) is 49.4 Å². The van der Waals surface area contributed by atoms with Crippen LogP contribution in [0.4, 0.5) is 4.79 Å². The number of aryl methyl sites for hydroxylation is 1. The fourth-order valence-corrected chi connectivity index (χ4v) is 5.63. The molecule has 4 heterocycles. The van der Waals surface area contributed by atoms with Gasteiger partial charge in [-0.2, -0.15) is 0 Å². The lowest BCUT2D eigenvalue weighted by atomic mass is 9.82. The van der Waals surface area contributed by atoms with Crippen LogP contribution in [-0.2, 0) is 44.1 Å². The molecule has 0 aliphatic carbocycles. The molecule has 41 heavy (non-hydrogen) atoms. The maximum atomic E-state index is 13.6. The zero-order valence-corrected chi connectivity index (χ0v) is 23.5. The summed E-state index contributed by atoms with van der Waals surface area (Å²) >= 11 is 0. The van der Waals surface area contributed by atoms with Crippen molar-refractivity contribution in [1.82, 2.24) is 9.55 Å². The van der Waals surface area contributed by atoms with E-state index < -0.39 is 17.9 Å². The first kappa shape index (κ1) is 28.8. The van der Waals surface area contributed by atoms with Gasteiger partial charge in [0.25, 0.3) is 5.56 Å². The average Bonchev–Trinajstić information content (AvgIpc) is 3.34. The number of ether oxygens (including phenoxy) is 5. The molecule has 0 bridgehead atoms. The first-order chi connectivity index (χ1) is 19.8. The summed E-state index contributed by atoms with van der Waals surface area (Å²) in [5.74, 6) is 2.69. The normalized spacial score (nSPS) is 18.9. The van der Waals surface area contributed by atoms with Gasteiger partial charge in [-0.05, 0) is 55.2 Å². The van der Waals surface area contributed by atoms with E-state index in [2.05, 4.69) is 5.92 Å². The van der Waals surface area contributed by atoms with Crippen molar-refractivity contribution in [3.8, 4) is 29.5 Å². The molecular weight excluding hydrogens is 528 g/mol. The highest BCUT2D eigenvalue weighted by Crippen LogP contribution is 2.42. The summed E-state index contributed by atoms with van der Waals surface area (Å²) in [5.41, 5.74) is 3.77. The Labute approximate surface area is 238 Å². The number of benzene rings is 1. The molecule has 0 amide bonds. The summed E-state index contributed by atoms with van der Waals surface area (Å²) in [4.78, 5) is 30.8. The number of carbonyl (C=O) groups excluding carboxylic acids is 1. The Morgan fingerprint density at radius 2 is 1.98 bits per heavy atom. The molecular formula is C31H34N2O8. The van der Waals surface area contributed by atoms with Gasteiger partial charge in [0.15, 0.2) is 0 Å². The monoisotopic (exact) mass is 562 g/mol. The number of hydrogen-bond donors (Lipinski definition) is 1. The summed E-state index contributed by atoms with van der Waals surface area (Å²) in [5, 5.41) is 12.3. The van der Waals surface area contributed by atoms with Crippen molar-refractivity contribution in [3.63, 3.8) is 0 Å². The second kappa shape index (κ2) is 12.0. The highest BCUT2D eigenvalue weighted by Gasteiger charge is 2.43. The van der Waals surface area contributed by atoms with Gasteiger partial charge in [-0.25, -0.2) is 9.78 Å². The second-order valence-electron chi connectivity index (χ2n) is 10.1. The average molecular weight is 563 g/mol. The quantitative estimate of drug-likeness (QED) is 0.134. The number of nitrogens with zero attached hydrogens (tertiary/aromatic N) is 2. The summed E-state index contributed by atoms with van der Waals surface area (Å²) in [6.07, 6.45) is 4.93. The van der Waals surface area contributed by atoms with Crippen LogP contribution in [0.3, 0.4) is 0 Å². The lowest BCUT2D eigenvalue weighted by molar-refractivity contribution is -0.129. The van der Waals surface area contributed by atoms with Crippen molar-refractivity contribution in [2.24, 2.45) is 0 Å². The molecule has 3 aromatic rings. The van der Waals surface area contributed by atoms with Gasteiger partial charge < -0.3 is 33.4 Å². The lowest BCUT2D eigenvalue weighted by Crippen LogP contribution is -2.45. The summed E-state index contributed by atoms with van der Waals surface area (Å²) in [6, 6.07) is 7.12. The fourth-order valence-electron chi connectivity index (χ4n) is 5.63. The number of aliphatic hydroxyl groups is 1. The van der Waals surface area contributed by atoms with Gasteiger partial charge >= 0.3 is 6.16 Å². The van der Waals surface area contributed by atoms with Crippen molar-refractivity contribution < 1.29 is 33.6 Å². The van der Waals surface area contributed by atoms with E-state index in [0.29, 0.717) is 60.7 Å². The van der Waals surface area contributed by atoms with Crippen LogP contribution in [0.25, 0.3) is 22.3 Å². The number of rotatable bonds is 10. The number of aromatic nitrogens is 2. The summed E-state index contributed by atoms with van der Waals surface area (Å²) < 4.78 is 28.4. The van der Waals surface area contributed by atoms with Crippen molar-refractivity contribution in [2.45, 2.75) is 58.5 Å². The molecule has 2 aromatic heterocycles. The van der Waals surface area contributed by atoms with Gasteiger partial charge in [-0.15, -0.1) is 6.42 Å². The van der Waals surface area contributed by atoms with E-state index in [-0.39, 0.29) is 32.0 Å². The molecule has 5 rings (SSSR count). The molecule has 2 aliphatic heterocycles. The predicted octanol–water partition coefficient (Wildman–Crippen LogP) is 3.69. The first-order valence-electron chi connectivity index (χ1n) is 13.8. The third-order valence-corrected chi connectivity index (χ3v) is 7.85. The highest BCUT2D eigenvalue weighted by atomic mass is 16.7. The molecule has 10 nitrogen and oxygen atoms in total. The van der Waals surface area contributed by atoms with E-state index in [1.54, 1.807) is 22.8 Å². The molecule has 0 spiro atoms. The molecule has 216 valence electrons. The van der Waals surface area contributed by atoms with Crippen LogP contribution in [0.2, 0.25) is 0 Å². The maximum Gasteiger partial charge on any atom is 0.513 e. The van der Waals surface area contributed by atoms with Gasteiger partial charge in [0.1, 0.15) is 24.6 Å². The van der Waals surface area contributed by atoms with E-state index in [4.69, 9.17) is 35.1 Å². The van der Waals surface area contributed by atoms with Gasteiger partial charge in [0.2, 0.25) is 0 Å². The molecule has 1 aromatic carbocycles. The first-order valence-corrected chi connectivity index (χ1v) is 13.8. The number of hydrogen-bond acceptors (Lipinski definition) is 9. The summed E-state index contributed by atoms with van der Waals surface area (Å²) in [7, 11) is 0.